The van der Waals surface area contributed by atoms with Crippen LogP contribution in [0, 0.1) is 0 Å². The van der Waals surface area contributed by atoms with Gasteiger partial charge in [0.2, 0.25) is 0 Å². The quantitative estimate of drug-likeness (QED) is 0.130. The molecule has 0 aliphatic heterocycles. The lowest BCUT2D eigenvalue weighted by Crippen LogP contribution is -2.10. The normalized spacial score (nSPS) is 11.2. The van der Waals surface area contributed by atoms with E-state index in [1.807, 2.05) is 60.7 Å². The van der Waals surface area contributed by atoms with Gasteiger partial charge in [0.05, 0.1) is 11.0 Å². The van der Waals surface area contributed by atoms with Gasteiger partial charge in [0.1, 0.15) is 0 Å². The average molecular weight is 946 g/mol. The van der Waals surface area contributed by atoms with Crippen LogP contribution in [-0.2, 0) is 0 Å². The molecular formula is C69H47N5. The number of anilines is 3. The number of benzene rings is 11. The maximum atomic E-state index is 5.03. The molecule has 0 fully saturated rings. The molecule has 0 atom stereocenters. The molecule has 0 amide bonds. The molecule has 0 N–H and O–H groups in total. The van der Waals surface area contributed by atoms with Gasteiger partial charge in [-0.3, -0.25) is 0 Å². The third-order valence-corrected chi connectivity index (χ3v) is 13.8. The first-order valence-corrected chi connectivity index (χ1v) is 25.0. The van der Waals surface area contributed by atoms with Crippen LogP contribution in [0.15, 0.2) is 285 Å². The third-order valence-electron chi connectivity index (χ3n) is 13.8. The highest BCUT2D eigenvalue weighted by Crippen LogP contribution is 2.42. The van der Waals surface area contributed by atoms with Crippen molar-refractivity contribution in [2.75, 3.05) is 4.90 Å². The molecule has 5 nitrogen and oxygen atoms in total. The van der Waals surface area contributed by atoms with E-state index in [4.69, 9.17) is 15.0 Å². The highest BCUT2D eigenvalue weighted by Gasteiger charge is 2.20. The van der Waals surface area contributed by atoms with Gasteiger partial charge in [0, 0.05) is 50.2 Å². The van der Waals surface area contributed by atoms with E-state index in [0.29, 0.717) is 17.5 Å². The number of aromatic nitrogens is 4. The lowest BCUT2D eigenvalue weighted by atomic mass is 9.97. The van der Waals surface area contributed by atoms with Crippen LogP contribution in [-0.4, -0.2) is 19.5 Å². The van der Waals surface area contributed by atoms with Crippen LogP contribution in [0.5, 0.6) is 0 Å². The summed E-state index contributed by atoms with van der Waals surface area (Å²) in [6, 6.07) is 101. The molecule has 11 aromatic carbocycles. The first-order chi connectivity index (χ1) is 36.7. The highest BCUT2D eigenvalue weighted by molar-refractivity contribution is 6.12. The Balaban J connectivity index is 0.913. The van der Waals surface area contributed by atoms with Gasteiger partial charge in [-0.15, -0.1) is 0 Å². The molecule has 5 heteroatoms. The molecule has 0 aliphatic rings. The van der Waals surface area contributed by atoms with E-state index < -0.39 is 0 Å². The maximum Gasteiger partial charge on any atom is 0.164 e. The Morgan fingerprint density at radius 1 is 0.230 bits per heavy atom. The fourth-order valence-corrected chi connectivity index (χ4v) is 10.2. The smallest absolute Gasteiger partial charge is 0.164 e. The monoisotopic (exact) mass is 945 g/mol. The SMILES string of the molecule is c1ccc(-c2ccc(N(c3ccc(-c4ccccc4)cc3)c3ccc4c(c3)c3cc(-c5cccc(-c6cccc(-c7nc(-c8ccccc8)nc(-c8ccccc8)n7)c6)c5)ccc3n4-c3ccccc3)cc2)cc1. The molecule has 348 valence electrons. The summed E-state index contributed by atoms with van der Waals surface area (Å²) in [5.41, 5.74) is 18.6. The number of hydrogen-bond acceptors (Lipinski definition) is 4. The summed E-state index contributed by atoms with van der Waals surface area (Å²) in [5.74, 6) is 1.91. The average Bonchev–Trinajstić information content (AvgIpc) is 3.82. The van der Waals surface area contributed by atoms with Crippen molar-refractivity contribution < 1.29 is 0 Å². The predicted octanol–water partition coefficient (Wildman–Crippen LogP) is 18.1. The van der Waals surface area contributed by atoms with Crippen LogP contribution in [0.1, 0.15) is 0 Å². The van der Waals surface area contributed by atoms with Crippen LogP contribution in [0.2, 0.25) is 0 Å². The van der Waals surface area contributed by atoms with Gasteiger partial charge in [-0.1, -0.05) is 206 Å². The van der Waals surface area contributed by atoms with Crippen molar-refractivity contribution in [2.45, 2.75) is 0 Å². The summed E-state index contributed by atoms with van der Waals surface area (Å²) < 4.78 is 2.39. The molecule has 0 bridgehead atoms. The number of nitrogens with zero attached hydrogens (tertiary/aromatic N) is 5. The molecule has 13 rings (SSSR count). The standard InChI is InChI=1S/C69H47N5/c1-6-18-48(19-7-1)50-32-37-60(38-33-50)73(61-39-34-51(35-40-61)49-20-8-2-9-21-49)62-41-43-66-64(47-62)63-46-57(36-42-65(63)74(66)59-30-14-5-15-31-59)55-27-16-26-54(44-55)56-28-17-29-58(45-56)69-71-67(52-22-10-3-11-23-52)70-68(72-69)53-24-12-4-13-25-53/h1-47H. The third kappa shape index (κ3) is 8.59. The fraction of sp³-hybridized carbons (Fsp3) is 0. The van der Waals surface area contributed by atoms with Crippen molar-refractivity contribution in [3.05, 3.63) is 285 Å². The van der Waals surface area contributed by atoms with Crippen LogP contribution in [0.25, 0.3) is 106 Å². The van der Waals surface area contributed by atoms with Gasteiger partial charge in [0.15, 0.2) is 17.5 Å². The summed E-state index contributed by atoms with van der Waals surface area (Å²) in [6.45, 7) is 0. The lowest BCUT2D eigenvalue weighted by Gasteiger charge is -2.26. The molecule has 0 saturated heterocycles. The number of fused-ring (bicyclic) bond motifs is 3. The van der Waals surface area contributed by atoms with E-state index in [9.17, 15) is 0 Å². The van der Waals surface area contributed by atoms with Gasteiger partial charge < -0.3 is 9.47 Å². The van der Waals surface area contributed by atoms with Gasteiger partial charge in [-0.05, 0) is 123 Å². The summed E-state index contributed by atoms with van der Waals surface area (Å²) in [5, 5.41) is 2.34. The Hall–Kier alpha value is -9.97. The lowest BCUT2D eigenvalue weighted by molar-refractivity contribution is 1.07. The molecule has 0 aliphatic carbocycles. The molecule has 0 saturated carbocycles. The number of rotatable bonds is 11. The minimum Gasteiger partial charge on any atom is -0.310 e. The molecular weight excluding hydrogens is 899 g/mol. The Morgan fingerprint density at radius 3 is 1.04 bits per heavy atom. The summed E-state index contributed by atoms with van der Waals surface area (Å²) in [6.07, 6.45) is 0. The van der Waals surface area contributed by atoms with E-state index in [-0.39, 0.29) is 0 Å². The molecule has 2 heterocycles. The number of hydrogen-bond donors (Lipinski definition) is 0. The molecule has 0 spiro atoms. The summed E-state index contributed by atoms with van der Waals surface area (Å²) >= 11 is 0. The van der Waals surface area contributed by atoms with E-state index in [1.54, 1.807) is 0 Å². The van der Waals surface area contributed by atoms with E-state index in [2.05, 4.69) is 234 Å². The maximum absolute atomic E-state index is 5.03. The number of para-hydroxylation sites is 1. The zero-order chi connectivity index (χ0) is 49.2. The summed E-state index contributed by atoms with van der Waals surface area (Å²) in [7, 11) is 0. The Morgan fingerprint density at radius 2 is 0.554 bits per heavy atom. The Kier molecular flexibility index (Phi) is 11.5. The van der Waals surface area contributed by atoms with Crippen LogP contribution in [0.3, 0.4) is 0 Å². The van der Waals surface area contributed by atoms with Crippen molar-refractivity contribution in [3.8, 4) is 84.4 Å². The highest BCUT2D eigenvalue weighted by atomic mass is 15.1. The van der Waals surface area contributed by atoms with Gasteiger partial charge >= 0.3 is 0 Å². The topological polar surface area (TPSA) is 46.8 Å². The fourth-order valence-electron chi connectivity index (χ4n) is 10.2. The first kappa shape index (κ1) is 44.0. The zero-order valence-electron chi connectivity index (χ0n) is 40.4. The largest absolute Gasteiger partial charge is 0.310 e. The minimum atomic E-state index is 0.627. The second-order valence-corrected chi connectivity index (χ2v) is 18.5. The summed E-state index contributed by atoms with van der Waals surface area (Å²) in [4.78, 5) is 17.4. The minimum absolute atomic E-state index is 0.627. The molecule has 2 aromatic heterocycles. The van der Waals surface area contributed by atoms with Crippen LogP contribution < -0.4 is 4.90 Å². The zero-order valence-corrected chi connectivity index (χ0v) is 40.4. The Labute approximate surface area is 430 Å². The second kappa shape index (κ2) is 19.3. The Bertz CT molecular complexity index is 3940. The van der Waals surface area contributed by atoms with Crippen molar-refractivity contribution in [1.82, 2.24) is 19.5 Å². The van der Waals surface area contributed by atoms with Crippen molar-refractivity contribution in [1.29, 1.82) is 0 Å². The van der Waals surface area contributed by atoms with Gasteiger partial charge in [-0.2, -0.15) is 0 Å². The van der Waals surface area contributed by atoms with E-state index in [0.717, 1.165) is 72.7 Å². The van der Waals surface area contributed by atoms with Crippen molar-refractivity contribution in [2.24, 2.45) is 0 Å². The van der Waals surface area contributed by atoms with Gasteiger partial charge in [-0.25, -0.2) is 15.0 Å². The van der Waals surface area contributed by atoms with E-state index in [1.165, 1.54) is 33.0 Å². The molecule has 74 heavy (non-hydrogen) atoms. The first-order valence-electron chi connectivity index (χ1n) is 25.0. The van der Waals surface area contributed by atoms with Crippen LogP contribution >= 0.6 is 0 Å². The van der Waals surface area contributed by atoms with Crippen LogP contribution in [0.4, 0.5) is 17.1 Å². The molecule has 0 radical (unpaired) electrons. The molecule has 13 aromatic rings. The van der Waals surface area contributed by atoms with Crippen molar-refractivity contribution >= 4 is 38.9 Å². The second-order valence-electron chi connectivity index (χ2n) is 18.5. The van der Waals surface area contributed by atoms with Gasteiger partial charge in [0.25, 0.3) is 0 Å². The molecule has 0 unspecified atom stereocenters. The predicted molar refractivity (Wildman–Crippen MR) is 307 cm³/mol. The van der Waals surface area contributed by atoms with E-state index >= 15 is 0 Å². The van der Waals surface area contributed by atoms with Crippen molar-refractivity contribution in [3.63, 3.8) is 0 Å².